The summed E-state index contributed by atoms with van der Waals surface area (Å²) in [5.74, 6) is -0.342. The van der Waals surface area contributed by atoms with E-state index in [1.54, 1.807) is 12.1 Å². The topological polar surface area (TPSA) is 23.5 Å². The quantitative estimate of drug-likeness (QED) is 0.917. The largest absolute Gasteiger partial charge is 0.391 e. The number of hydrogen-bond acceptors (Lipinski definition) is 2. The summed E-state index contributed by atoms with van der Waals surface area (Å²) in [6, 6.07) is 4.63. The highest BCUT2D eigenvalue weighted by Gasteiger charge is 2.35. The molecule has 1 aliphatic rings. The summed E-state index contributed by atoms with van der Waals surface area (Å²) < 4.78 is 13.8. The van der Waals surface area contributed by atoms with E-state index < -0.39 is 6.10 Å². The summed E-state index contributed by atoms with van der Waals surface area (Å²) in [6.07, 6.45) is 3.31. The van der Waals surface area contributed by atoms with Crippen LogP contribution in [0.15, 0.2) is 18.2 Å². The Labute approximate surface area is 125 Å². The minimum atomic E-state index is -0.601. The summed E-state index contributed by atoms with van der Waals surface area (Å²) in [7, 11) is 0. The third-order valence-corrected chi connectivity index (χ3v) is 4.65. The van der Waals surface area contributed by atoms with Gasteiger partial charge in [0, 0.05) is 17.0 Å². The maximum Gasteiger partial charge on any atom is 0.127 e. The first-order valence-electron chi connectivity index (χ1n) is 7.28. The van der Waals surface area contributed by atoms with Crippen LogP contribution in [0, 0.1) is 5.82 Å². The zero-order valence-corrected chi connectivity index (χ0v) is 13.0. The lowest BCUT2D eigenvalue weighted by molar-refractivity contribution is -0.0190. The van der Waals surface area contributed by atoms with Crippen LogP contribution in [0.2, 0.25) is 5.02 Å². The predicted molar refractivity (Wildman–Crippen MR) is 80.6 cm³/mol. The van der Waals surface area contributed by atoms with E-state index in [-0.39, 0.29) is 11.4 Å². The van der Waals surface area contributed by atoms with Crippen LogP contribution in [0.25, 0.3) is 0 Å². The first kappa shape index (κ1) is 15.7. The number of rotatable bonds is 4. The summed E-state index contributed by atoms with van der Waals surface area (Å²) in [4.78, 5) is 2.31. The minimum Gasteiger partial charge on any atom is -0.391 e. The van der Waals surface area contributed by atoms with Gasteiger partial charge in [-0.2, -0.15) is 0 Å². The van der Waals surface area contributed by atoms with E-state index in [9.17, 15) is 9.50 Å². The maximum atomic E-state index is 13.8. The third kappa shape index (κ3) is 3.51. The zero-order valence-electron chi connectivity index (χ0n) is 12.2. The maximum absolute atomic E-state index is 13.8. The molecule has 1 unspecified atom stereocenters. The number of aliphatic hydroxyl groups is 1. The molecule has 4 heteroatoms. The molecular weight excluding hydrogens is 277 g/mol. The molecule has 1 aromatic rings. The van der Waals surface area contributed by atoms with Crippen molar-refractivity contribution in [1.82, 2.24) is 4.90 Å². The number of benzene rings is 1. The molecule has 0 saturated carbocycles. The van der Waals surface area contributed by atoms with Gasteiger partial charge in [0.05, 0.1) is 6.10 Å². The first-order valence-corrected chi connectivity index (χ1v) is 7.66. The van der Waals surface area contributed by atoms with Crippen LogP contribution in [0.3, 0.4) is 0 Å². The van der Waals surface area contributed by atoms with Gasteiger partial charge in [0.2, 0.25) is 0 Å². The second-order valence-corrected chi connectivity index (χ2v) is 6.59. The smallest absolute Gasteiger partial charge is 0.127 e. The van der Waals surface area contributed by atoms with Gasteiger partial charge in [-0.3, -0.25) is 4.90 Å². The van der Waals surface area contributed by atoms with E-state index in [0.717, 1.165) is 13.1 Å². The molecule has 1 atom stereocenters. The van der Waals surface area contributed by atoms with Gasteiger partial charge >= 0.3 is 0 Å². The molecule has 0 aromatic heterocycles. The normalized spacial score (nSPS) is 19.1. The van der Waals surface area contributed by atoms with Crippen LogP contribution in [0.1, 0.15) is 38.7 Å². The Hall–Kier alpha value is -0.640. The molecule has 2 rings (SSSR count). The Morgan fingerprint density at radius 2 is 1.95 bits per heavy atom. The highest BCUT2D eigenvalue weighted by atomic mass is 35.5. The van der Waals surface area contributed by atoms with Crippen molar-refractivity contribution < 1.29 is 9.50 Å². The average Bonchev–Trinajstić information content (AvgIpc) is 2.42. The zero-order chi connectivity index (χ0) is 14.8. The number of aliphatic hydroxyl groups excluding tert-OH is 1. The highest BCUT2D eigenvalue weighted by molar-refractivity contribution is 6.30. The molecule has 1 fully saturated rings. The molecule has 2 nitrogen and oxygen atoms in total. The van der Waals surface area contributed by atoms with E-state index in [2.05, 4.69) is 4.90 Å². The lowest BCUT2D eigenvalue weighted by Crippen LogP contribution is -2.54. The van der Waals surface area contributed by atoms with Crippen LogP contribution < -0.4 is 0 Å². The van der Waals surface area contributed by atoms with Gasteiger partial charge in [0.1, 0.15) is 5.82 Å². The summed E-state index contributed by atoms with van der Waals surface area (Å²) in [6.45, 7) is 6.09. The SMILES string of the molecule is CC(C)(C(O)Cc1ccc(Cl)cc1F)N1CCCCC1. The minimum absolute atomic E-state index is 0.312. The first-order chi connectivity index (χ1) is 9.41. The molecule has 112 valence electrons. The van der Waals surface area contributed by atoms with Crippen LogP contribution in [-0.4, -0.2) is 34.7 Å². The molecule has 0 radical (unpaired) electrons. The highest BCUT2D eigenvalue weighted by Crippen LogP contribution is 2.27. The summed E-state index contributed by atoms with van der Waals surface area (Å²) in [5, 5.41) is 10.9. The van der Waals surface area contributed by atoms with Gasteiger partial charge in [-0.25, -0.2) is 4.39 Å². The molecule has 20 heavy (non-hydrogen) atoms. The number of hydrogen-bond donors (Lipinski definition) is 1. The fourth-order valence-electron chi connectivity index (χ4n) is 2.83. The van der Waals surface area contributed by atoms with E-state index in [1.165, 1.54) is 25.3 Å². The van der Waals surface area contributed by atoms with Crippen molar-refractivity contribution in [2.24, 2.45) is 0 Å². The van der Waals surface area contributed by atoms with Gasteiger partial charge in [0.15, 0.2) is 0 Å². The van der Waals surface area contributed by atoms with Crippen molar-refractivity contribution in [2.75, 3.05) is 13.1 Å². The van der Waals surface area contributed by atoms with E-state index in [0.29, 0.717) is 17.0 Å². The lowest BCUT2D eigenvalue weighted by atomic mass is 9.88. The second kappa shape index (κ2) is 6.42. The Kier molecular flexibility index (Phi) is 5.05. The molecule has 0 bridgehead atoms. The molecular formula is C16H23ClFNO. The Morgan fingerprint density at radius 3 is 2.55 bits per heavy atom. The Morgan fingerprint density at radius 1 is 1.30 bits per heavy atom. The van der Waals surface area contributed by atoms with Gasteiger partial charge in [-0.05, 0) is 57.5 Å². The van der Waals surface area contributed by atoms with Crippen molar-refractivity contribution in [3.8, 4) is 0 Å². The number of piperidine rings is 1. The molecule has 0 amide bonds. The van der Waals surface area contributed by atoms with Crippen molar-refractivity contribution in [1.29, 1.82) is 0 Å². The van der Waals surface area contributed by atoms with Crippen LogP contribution in [0.5, 0.6) is 0 Å². The van der Waals surface area contributed by atoms with Crippen molar-refractivity contribution in [3.05, 3.63) is 34.6 Å². The van der Waals surface area contributed by atoms with Gasteiger partial charge in [0.25, 0.3) is 0 Å². The Bertz CT molecular complexity index is 458. The molecule has 1 N–H and O–H groups in total. The lowest BCUT2D eigenvalue weighted by Gasteiger charge is -2.44. The van der Waals surface area contributed by atoms with Crippen molar-refractivity contribution >= 4 is 11.6 Å². The van der Waals surface area contributed by atoms with E-state index in [1.807, 2.05) is 13.8 Å². The molecule has 1 aliphatic heterocycles. The van der Waals surface area contributed by atoms with Gasteiger partial charge in [-0.15, -0.1) is 0 Å². The van der Waals surface area contributed by atoms with Crippen molar-refractivity contribution in [3.63, 3.8) is 0 Å². The summed E-state index contributed by atoms with van der Waals surface area (Å²) >= 11 is 5.75. The Balaban J connectivity index is 2.07. The fourth-order valence-corrected chi connectivity index (χ4v) is 2.99. The van der Waals surface area contributed by atoms with Crippen LogP contribution in [0.4, 0.5) is 4.39 Å². The number of halogens is 2. The molecule has 1 saturated heterocycles. The monoisotopic (exact) mass is 299 g/mol. The van der Waals surface area contributed by atoms with Gasteiger partial charge in [-0.1, -0.05) is 24.1 Å². The number of likely N-dealkylation sites (tertiary alicyclic amines) is 1. The van der Waals surface area contributed by atoms with Crippen molar-refractivity contribution in [2.45, 2.75) is 51.2 Å². The molecule has 0 spiro atoms. The van der Waals surface area contributed by atoms with E-state index in [4.69, 9.17) is 11.6 Å². The number of nitrogens with zero attached hydrogens (tertiary/aromatic N) is 1. The standard InChI is InChI=1S/C16H23ClFNO/c1-16(2,19-8-4-3-5-9-19)15(20)10-12-6-7-13(17)11-14(12)18/h6-7,11,15,20H,3-5,8-10H2,1-2H3. The fraction of sp³-hybridized carbons (Fsp3) is 0.625. The second-order valence-electron chi connectivity index (χ2n) is 6.16. The van der Waals surface area contributed by atoms with Crippen LogP contribution >= 0.6 is 11.6 Å². The molecule has 1 aromatic carbocycles. The van der Waals surface area contributed by atoms with E-state index >= 15 is 0 Å². The molecule has 0 aliphatic carbocycles. The average molecular weight is 300 g/mol. The van der Waals surface area contributed by atoms with Crippen LogP contribution in [-0.2, 0) is 6.42 Å². The van der Waals surface area contributed by atoms with Gasteiger partial charge < -0.3 is 5.11 Å². The summed E-state index contributed by atoms with van der Waals surface area (Å²) in [5.41, 5.74) is 0.180. The third-order valence-electron chi connectivity index (χ3n) is 4.41. The predicted octanol–water partition coefficient (Wildman–Crippen LogP) is 3.65. The molecule has 1 heterocycles.